The van der Waals surface area contributed by atoms with Gasteiger partial charge in [-0.15, -0.1) is 5.10 Å². The molecule has 0 aliphatic carbocycles. The van der Waals surface area contributed by atoms with Crippen molar-refractivity contribution in [3.05, 3.63) is 71.5 Å². The molecule has 27 heavy (non-hydrogen) atoms. The van der Waals surface area contributed by atoms with Crippen molar-refractivity contribution in [3.8, 4) is 17.3 Å². The first-order valence-electron chi connectivity index (χ1n) is 8.57. The number of aryl methyl sites for hydroxylation is 1. The van der Waals surface area contributed by atoms with Crippen LogP contribution in [0.1, 0.15) is 5.56 Å². The molecule has 0 N–H and O–H groups in total. The summed E-state index contributed by atoms with van der Waals surface area (Å²) in [6, 6.07) is 13.7. The van der Waals surface area contributed by atoms with Gasteiger partial charge in [0.25, 0.3) is 0 Å². The summed E-state index contributed by atoms with van der Waals surface area (Å²) in [6.07, 6.45) is 5.51. The maximum atomic E-state index is 5.73. The molecule has 0 amide bonds. The minimum Gasteiger partial charge on any atom is -0.461 e. The molecule has 0 atom stereocenters. The van der Waals surface area contributed by atoms with Gasteiger partial charge < -0.3 is 4.42 Å². The van der Waals surface area contributed by atoms with E-state index in [4.69, 9.17) is 21.7 Å². The topological polar surface area (TPSA) is 57.0 Å². The molecule has 0 saturated carbocycles. The number of furan rings is 1. The summed E-state index contributed by atoms with van der Waals surface area (Å²) in [5.41, 5.74) is 2.09. The molecule has 3 heterocycles. The second-order valence-corrected chi connectivity index (χ2v) is 6.80. The summed E-state index contributed by atoms with van der Waals surface area (Å²) in [7, 11) is 3.94. The Kier molecular flexibility index (Phi) is 4.74. The maximum absolute atomic E-state index is 5.73. The van der Waals surface area contributed by atoms with Crippen LogP contribution in [0, 0.1) is 4.77 Å². The van der Waals surface area contributed by atoms with E-state index in [0.717, 1.165) is 17.8 Å². The molecule has 0 spiro atoms. The van der Waals surface area contributed by atoms with Gasteiger partial charge in [0.05, 0.1) is 24.8 Å². The van der Waals surface area contributed by atoms with Gasteiger partial charge >= 0.3 is 0 Å². The van der Waals surface area contributed by atoms with E-state index >= 15 is 0 Å². The zero-order valence-electron chi connectivity index (χ0n) is 15.2. The fourth-order valence-corrected chi connectivity index (χ4v) is 3.31. The van der Waals surface area contributed by atoms with E-state index in [-0.39, 0.29) is 0 Å². The minimum absolute atomic E-state index is 0.557. The number of aromatic nitrogens is 5. The molecule has 0 bridgehead atoms. The number of hydrogen-bond donors (Lipinski definition) is 0. The molecule has 0 fully saturated rings. The molecule has 0 saturated heterocycles. The van der Waals surface area contributed by atoms with Crippen LogP contribution in [0.4, 0.5) is 0 Å². The summed E-state index contributed by atoms with van der Waals surface area (Å²) in [6.45, 7) is 1.31. The van der Waals surface area contributed by atoms with Gasteiger partial charge in [0.2, 0.25) is 10.6 Å². The average molecular weight is 380 g/mol. The number of benzene rings is 1. The molecular formula is C19H20N6OS. The van der Waals surface area contributed by atoms with Gasteiger partial charge in [-0.1, -0.05) is 18.2 Å². The summed E-state index contributed by atoms with van der Waals surface area (Å²) in [4.78, 5) is 2.14. The molecule has 7 nitrogen and oxygen atoms in total. The van der Waals surface area contributed by atoms with Crippen molar-refractivity contribution in [2.45, 2.75) is 13.2 Å². The highest BCUT2D eigenvalue weighted by Gasteiger charge is 2.17. The lowest BCUT2D eigenvalue weighted by atomic mass is 10.3. The number of hydrogen-bond acceptors (Lipinski definition) is 5. The third kappa shape index (κ3) is 3.62. The molecule has 0 radical (unpaired) electrons. The second-order valence-electron chi connectivity index (χ2n) is 6.43. The molecular weight excluding hydrogens is 360 g/mol. The van der Waals surface area contributed by atoms with Crippen LogP contribution in [0.15, 0.2) is 65.5 Å². The van der Waals surface area contributed by atoms with Gasteiger partial charge in [0, 0.05) is 25.4 Å². The van der Waals surface area contributed by atoms with Crippen molar-refractivity contribution < 1.29 is 4.42 Å². The normalized spacial score (nSPS) is 11.4. The molecule has 1 aromatic carbocycles. The largest absolute Gasteiger partial charge is 0.461 e. The highest BCUT2D eigenvalue weighted by Crippen LogP contribution is 2.23. The first-order valence-corrected chi connectivity index (χ1v) is 8.98. The van der Waals surface area contributed by atoms with Gasteiger partial charge in [0.15, 0.2) is 5.76 Å². The molecule has 3 aromatic heterocycles. The lowest BCUT2D eigenvalue weighted by molar-refractivity contribution is 0.244. The Morgan fingerprint density at radius 1 is 1.15 bits per heavy atom. The first kappa shape index (κ1) is 17.4. The third-order valence-electron chi connectivity index (χ3n) is 4.18. The van der Waals surface area contributed by atoms with Crippen molar-refractivity contribution in [2.24, 2.45) is 7.05 Å². The number of rotatable bonds is 6. The molecule has 0 unspecified atom stereocenters. The maximum Gasteiger partial charge on any atom is 0.204 e. The fourth-order valence-electron chi connectivity index (χ4n) is 3.02. The molecule has 0 aliphatic heterocycles. The van der Waals surface area contributed by atoms with Crippen LogP contribution >= 0.6 is 12.2 Å². The van der Waals surface area contributed by atoms with Gasteiger partial charge in [0.1, 0.15) is 0 Å². The Morgan fingerprint density at radius 2 is 1.96 bits per heavy atom. The fraction of sp³-hybridized carbons (Fsp3) is 0.211. The number of para-hydroxylation sites is 1. The van der Waals surface area contributed by atoms with Crippen molar-refractivity contribution >= 4 is 12.2 Å². The van der Waals surface area contributed by atoms with Crippen LogP contribution in [-0.4, -0.2) is 36.1 Å². The zero-order valence-corrected chi connectivity index (χ0v) is 16.0. The molecule has 4 aromatic rings. The Labute approximate surface area is 162 Å². The monoisotopic (exact) mass is 380 g/mol. The van der Waals surface area contributed by atoms with Gasteiger partial charge in [-0.2, -0.15) is 5.10 Å². The van der Waals surface area contributed by atoms with E-state index in [9.17, 15) is 0 Å². The number of nitrogens with zero attached hydrogens (tertiary/aromatic N) is 6. The zero-order chi connectivity index (χ0) is 18.8. The highest BCUT2D eigenvalue weighted by atomic mass is 32.1. The highest BCUT2D eigenvalue weighted by molar-refractivity contribution is 7.71. The first-order chi connectivity index (χ1) is 13.1. The summed E-state index contributed by atoms with van der Waals surface area (Å²) < 4.78 is 11.8. The van der Waals surface area contributed by atoms with Gasteiger partial charge in [-0.05, 0) is 43.5 Å². The lowest BCUT2D eigenvalue weighted by Gasteiger charge is -2.15. The summed E-state index contributed by atoms with van der Waals surface area (Å²) in [5, 5.41) is 8.95. The van der Waals surface area contributed by atoms with E-state index in [2.05, 4.69) is 10.00 Å². The smallest absolute Gasteiger partial charge is 0.204 e. The van der Waals surface area contributed by atoms with Crippen molar-refractivity contribution in [1.29, 1.82) is 0 Å². The van der Waals surface area contributed by atoms with Crippen molar-refractivity contribution in [2.75, 3.05) is 7.05 Å². The van der Waals surface area contributed by atoms with E-state index < -0.39 is 0 Å². The van der Waals surface area contributed by atoms with E-state index in [0.29, 0.717) is 23.0 Å². The van der Waals surface area contributed by atoms with Crippen LogP contribution in [0.3, 0.4) is 0 Å². The van der Waals surface area contributed by atoms with E-state index in [1.807, 2.05) is 78.2 Å². The Hall–Kier alpha value is -2.97. The molecule has 4 rings (SSSR count). The standard InChI is InChI=1S/C19H20N6OS/c1-22(12-15-11-20-23(2)13-15)14-24-19(27)25(16-7-4-3-5-8-16)18(21-24)17-9-6-10-26-17/h3-11,13H,12,14H2,1-2H3. The minimum atomic E-state index is 0.557. The third-order valence-corrected chi connectivity index (χ3v) is 4.57. The average Bonchev–Trinajstić information content (AvgIpc) is 3.38. The molecule has 0 aliphatic rings. The summed E-state index contributed by atoms with van der Waals surface area (Å²) in [5.74, 6) is 1.37. The predicted octanol–water partition coefficient (Wildman–Crippen LogP) is 3.49. The van der Waals surface area contributed by atoms with Crippen molar-refractivity contribution in [1.82, 2.24) is 29.0 Å². The van der Waals surface area contributed by atoms with E-state index in [1.165, 1.54) is 0 Å². The Morgan fingerprint density at radius 3 is 2.63 bits per heavy atom. The summed E-state index contributed by atoms with van der Waals surface area (Å²) >= 11 is 5.73. The van der Waals surface area contributed by atoms with E-state index in [1.54, 1.807) is 10.9 Å². The predicted molar refractivity (Wildman–Crippen MR) is 105 cm³/mol. The molecule has 8 heteroatoms. The Bertz CT molecular complexity index is 1080. The van der Waals surface area contributed by atoms with Crippen molar-refractivity contribution in [3.63, 3.8) is 0 Å². The quantitative estimate of drug-likeness (QED) is 0.479. The molecule has 138 valence electrons. The SMILES string of the molecule is CN(Cc1cnn(C)c1)Cn1nc(-c2ccco2)n(-c2ccccc2)c1=S. The van der Waals surface area contributed by atoms with Crippen LogP contribution in [0.5, 0.6) is 0 Å². The lowest BCUT2D eigenvalue weighted by Crippen LogP contribution is -2.22. The van der Waals surface area contributed by atoms with Crippen LogP contribution < -0.4 is 0 Å². The van der Waals surface area contributed by atoms with Crippen LogP contribution in [-0.2, 0) is 20.3 Å². The van der Waals surface area contributed by atoms with Crippen LogP contribution in [0.2, 0.25) is 0 Å². The van der Waals surface area contributed by atoms with Crippen LogP contribution in [0.25, 0.3) is 17.3 Å². The van der Waals surface area contributed by atoms with Gasteiger partial charge in [-0.3, -0.25) is 14.1 Å². The second kappa shape index (κ2) is 7.34. The Balaban J connectivity index is 1.68. The van der Waals surface area contributed by atoms with Gasteiger partial charge in [-0.25, -0.2) is 4.68 Å².